The molecule has 3 rings (SSSR count). The van der Waals surface area contributed by atoms with Crippen molar-refractivity contribution in [3.05, 3.63) is 41.4 Å². The highest BCUT2D eigenvalue weighted by molar-refractivity contribution is 7.98. The van der Waals surface area contributed by atoms with E-state index in [1.807, 2.05) is 26.8 Å². The zero-order chi connectivity index (χ0) is 20.1. The van der Waals surface area contributed by atoms with Gasteiger partial charge in [0.1, 0.15) is 10.8 Å². The van der Waals surface area contributed by atoms with Gasteiger partial charge in [0.15, 0.2) is 6.61 Å². The number of pyridine rings is 1. The Hall–Kier alpha value is -2.39. The molecule has 0 unspecified atom stereocenters. The van der Waals surface area contributed by atoms with Crippen LogP contribution >= 0.6 is 11.8 Å². The number of ether oxygens (including phenoxy) is 2. The molecule has 0 aliphatic carbocycles. The molecule has 150 valence electrons. The Bertz CT molecular complexity index is 830. The largest absolute Gasteiger partial charge is 0.452 e. The van der Waals surface area contributed by atoms with E-state index in [0.29, 0.717) is 29.4 Å². The predicted molar refractivity (Wildman–Crippen MR) is 102 cm³/mol. The number of nitrogens with zero attached hydrogens (tertiary/aromatic N) is 3. The summed E-state index contributed by atoms with van der Waals surface area (Å²) in [6.45, 7) is 6.32. The molecular formula is C19H23N3O5S. The summed E-state index contributed by atoms with van der Waals surface area (Å²) in [5.74, 6) is 0.430. The summed E-state index contributed by atoms with van der Waals surface area (Å²) in [5, 5.41) is 4.45. The van der Waals surface area contributed by atoms with E-state index in [-0.39, 0.29) is 24.7 Å². The van der Waals surface area contributed by atoms with Gasteiger partial charge >= 0.3 is 5.97 Å². The lowest BCUT2D eigenvalue weighted by Gasteiger charge is -2.35. The minimum atomic E-state index is -0.574. The number of morpholine rings is 1. The Labute approximate surface area is 167 Å². The minimum Gasteiger partial charge on any atom is -0.452 e. The number of amides is 1. The number of carbonyl (C=O) groups is 2. The van der Waals surface area contributed by atoms with Crippen molar-refractivity contribution in [1.29, 1.82) is 0 Å². The van der Waals surface area contributed by atoms with Crippen LogP contribution in [0.4, 0.5) is 0 Å². The average Bonchev–Trinajstić information content (AvgIpc) is 3.09. The van der Waals surface area contributed by atoms with Gasteiger partial charge in [0.2, 0.25) is 0 Å². The van der Waals surface area contributed by atoms with Crippen molar-refractivity contribution in [2.45, 2.75) is 43.8 Å². The molecule has 2 atom stereocenters. The molecule has 8 nitrogen and oxygen atoms in total. The summed E-state index contributed by atoms with van der Waals surface area (Å²) >= 11 is 1.36. The number of aryl methyl sites for hydroxylation is 1. The van der Waals surface area contributed by atoms with Gasteiger partial charge in [0.25, 0.3) is 5.91 Å². The zero-order valence-corrected chi connectivity index (χ0v) is 16.9. The molecule has 1 aliphatic rings. The fraction of sp³-hybridized carbons (Fsp3) is 0.474. The summed E-state index contributed by atoms with van der Waals surface area (Å²) in [7, 11) is 0. The third-order valence-electron chi connectivity index (χ3n) is 4.12. The van der Waals surface area contributed by atoms with E-state index in [2.05, 4.69) is 10.1 Å². The highest BCUT2D eigenvalue weighted by Gasteiger charge is 2.27. The quantitative estimate of drug-likeness (QED) is 0.534. The molecule has 0 N–H and O–H groups in total. The fourth-order valence-corrected chi connectivity index (χ4v) is 3.83. The number of esters is 1. The Balaban J connectivity index is 1.57. The maximum Gasteiger partial charge on any atom is 0.341 e. The molecule has 0 spiro atoms. The Kier molecular flexibility index (Phi) is 6.69. The van der Waals surface area contributed by atoms with Gasteiger partial charge in [0.05, 0.1) is 23.5 Å². The molecule has 28 heavy (non-hydrogen) atoms. The Morgan fingerprint density at radius 3 is 2.75 bits per heavy atom. The standard InChI is InChI=1S/C19H23N3O5S/c1-12-7-15(21-27-12)11-28-18-16(5-4-6-20-18)19(24)25-10-17(23)22-8-13(2)26-14(3)9-22/h4-7,13-14H,8-11H2,1-3H3/t13-,14-/m1/s1. The van der Waals surface area contributed by atoms with Crippen molar-refractivity contribution in [2.24, 2.45) is 0 Å². The third-order valence-corrected chi connectivity index (χ3v) is 5.16. The molecule has 1 amide bonds. The van der Waals surface area contributed by atoms with Crippen molar-refractivity contribution in [3.63, 3.8) is 0 Å². The van der Waals surface area contributed by atoms with Crippen molar-refractivity contribution >= 4 is 23.6 Å². The first-order valence-electron chi connectivity index (χ1n) is 9.02. The molecule has 0 saturated carbocycles. The fourth-order valence-electron chi connectivity index (χ4n) is 2.97. The topological polar surface area (TPSA) is 94.8 Å². The molecule has 1 aliphatic heterocycles. The number of thioether (sulfide) groups is 1. The van der Waals surface area contributed by atoms with Crippen LogP contribution < -0.4 is 0 Å². The van der Waals surface area contributed by atoms with Crippen LogP contribution in [0.3, 0.4) is 0 Å². The lowest BCUT2D eigenvalue weighted by Crippen LogP contribution is -2.49. The van der Waals surface area contributed by atoms with Gasteiger partial charge in [0, 0.05) is 31.1 Å². The molecule has 1 saturated heterocycles. The van der Waals surface area contributed by atoms with Gasteiger partial charge in [-0.1, -0.05) is 16.9 Å². The van der Waals surface area contributed by atoms with Crippen molar-refractivity contribution in [3.8, 4) is 0 Å². The minimum absolute atomic E-state index is 0.0371. The summed E-state index contributed by atoms with van der Waals surface area (Å²) in [6.07, 6.45) is 1.53. The van der Waals surface area contributed by atoms with E-state index < -0.39 is 5.97 Å². The number of hydrogen-bond acceptors (Lipinski definition) is 8. The van der Waals surface area contributed by atoms with E-state index in [0.717, 1.165) is 11.5 Å². The summed E-state index contributed by atoms with van der Waals surface area (Å²) in [4.78, 5) is 30.8. The van der Waals surface area contributed by atoms with Crippen molar-refractivity contribution < 1.29 is 23.6 Å². The number of hydrogen-bond donors (Lipinski definition) is 0. The SMILES string of the molecule is Cc1cc(CSc2ncccc2C(=O)OCC(=O)N2C[C@@H](C)O[C@H](C)C2)no1. The Morgan fingerprint density at radius 2 is 2.07 bits per heavy atom. The lowest BCUT2D eigenvalue weighted by molar-refractivity contribution is -0.146. The zero-order valence-electron chi connectivity index (χ0n) is 16.1. The second kappa shape index (κ2) is 9.20. The van der Waals surface area contributed by atoms with Crippen molar-refractivity contribution in [1.82, 2.24) is 15.0 Å². The van der Waals surface area contributed by atoms with Crippen LogP contribution in [0, 0.1) is 6.92 Å². The summed E-state index contributed by atoms with van der Waals surface area (Å²) in [6, 6.07) is 5.13. The summed E-state index contributed by atoms with van der Waals surface area (Å²) in [5.41, 5.74) is 1.09. The molecule has 2 aromatic heterocycles. The molecule has 1 fully saturated rings. The highest BCUT2D eigenvalue weighted by Crippen LogP contribution is 2.24. The van der Waals surface area contributed by atoms with Crippen LogP contribution in [0.2, 0.25) is 0 Å². The van der Waals surface area contributed by atoms with Gasteiger partial charge in [-0.3, -0.25) is 4.79 Å². The number of carbonyl (C=O) groups excluding carboxylic acids is 2. The average molecular weight is 405 g/mol. The van der Waals surface area contributed by atoms with Crippen LogP contribution in [-0.2, 0) is 20.0 Å². The number of aromatic nitrogens is 2. The molecule has 0 bridgehead atoms. The smallest absolute Gasteiger partial charge is 0.341 e. The third kappa shape index (κ3) is 5.32. The summed E-state index contributed by atoms with van der Waals surface area (Å²) < 4.78 is 15.9. The lowest BCUT2D eigenvalue weighted by atomic mass is 10.2. The first-order chi connectivity index (χ1) is 13.4. The van der Waals surface area contributed by atoms with Gasteiger partial charge in [-0.2, -0.15) is 0 Å². The first-order valence-corrected chi connectivity index (χ1v) is 10.0. The second-order valence-corrected chi connectivity index (χ2v) is 7.67. The maximum absolute atomic E-state index is 12.5. The van der Waals surface area contributed by atoms with Crippen LogP contribution in [0.1, 0.15) is 35.7 Å². The van der Waals surface area contributed by atoms with Gasteiger partial charge < -0.3 is 18.9 Å². The van der Waals surface area contributed by atoms with E-state index >= 15 is 0 Å². The normalized spacial score (nSPS) is 19.5. The second-order valence-electron chi connectivity index (χ2n) is 6.71. The number of rotatable bonds is 6. The highest BCUT2D eigenvalue weighted by atomic mass is 32.2. The van der Waals surface area contributed by atoms with Gasteiger partial charge in [-0.25, -0.2) is 9.78 Å². The van der Waals surface area contributed by atoms with E-state index in [1.165, 1.54) is 11.8 Å². The van der Waals surface area contributed by atoms with E-state index in [4.69, 9.17) is 14.0 Å². The molecular weight excluding hydrogens is 382 g/mol. The molecule has 0 radical (unpaired) electrons. The van der Waals surface area contributed by atoms with Crippen molar-refractivity contribution in [2.75, 3.05) is 19.7 Å². The Morgan fingerprint density at radius 1 is 1.32 bits per heavy atom. The monoisotopic (exact) mass is 405 g/mol. The molecule has 3 heterocycles. The van der Waals surface area contributed by atoms with E-state index in [9.17, 15) is 9.59 Å². The predicted octanol–water partition coefficient (Wildman–Crippen LogP) is 2.46. The molecule has 9 heteroatoms. The van der Waals surface area contributed by atoms with Crippen LogP contribution in [0.15, 0.2) is 33.9 Å². The molecule has 2 aromatic rings. The van der Waals surface area contributed by atoms with E-state index in [1.54, 1.807) is 23.2 Å². The van der Waals surface area contributed by atoms with Gasteiger partial charge in [-0.05, 0) is 32.9 Å². The van der Waals surface area contributed by atoms with Crippen LogP contribution in [0.25, 0.3) is 0 Å². The van der Waals surface area contributed by atoms with Gasteiger partial charge in [-0.15, -0.1) is 0 Å². The van der Waals surface area contributed by atoms with Crippen LogP contribution in [0.5, 0.6) is 0 Å². The maximum atomic E-state index is 12.5. The first kappa shape index (κ1) is 20.3. The van der Waals surface area contributed by atoms with Crippen LogP contribution in [-0.4, -0.2) is 58.8 Å². The molecule has 0 aromatic carbocycles.